The van der Waals surface area contributed by atoms with Crippen LogP contribution in [0.15, 0.2) is 146 Å². The summed E-state index contributed by atoms with van der Waals surface area (Å²) in [6.45, 7) is 0.0114. The highest BCUT2D eigenvalue weighted by molar-refractivity contribution is 7.26. The van der Waals surface area contributed by atoms with Gasteiger partial charge in [-0.3, -0.25) is 0 Å². The van der Waals surface area contributed by atoms with Gasteiger partial charge in [0.25, 0.3) is 0 Å². The minimum Gasteiger partial charge on any atom is -0.457 e. The first kappa shape index (κ1) is 31.0. The lowest BCUT2D eigenvalue weighted by Crippen LogP contribution is -1.95. The molecule has 8 aromatic carbocycles. The first-order chi connectivity index (χ1) is 25.7. The van der Waals surface area contributed by atoms with E-state index in [2.05, 4.69) is 109 Å². The molecule has 10 rings (SSSR count). The van der Waals surface area contributed by atoms with E-state index in [1.54, 1.807) is 22.7 Å². The van der Waals surface area contributed by atoms with E-state index in [0.29, 0.717) is 0 Å². The summed E-state index contributed by atoms with van der Waals surface area (Å²) in [4.78, 5) is 0. The second kappa shape index (κ2) is 12.5. The molecule has 0 aliphatic carbocycles. The minimum absolute atomic E-state index is 0.00572. The molecule has 250 valence electrons. The molecule has 0 radical (unpaired) electrons. The zero-order valence-electron chi connectivity index (χ0n) is 27.8. The second-order valence-corrected chi connectivity index (χ2v) is 15.1. The van der Waals surface area contributed by atoms with Crippen molar-refractivity contribution >= 4 is 84.6 Å². The molecule has 0 atom stereocenters. The van der Waals surface area contributed by atoms with Gasteiger partial charge in [-0.15, -0.1) is 22.7 Å². The molecule has 0 aliphatic heterocycles. The average Bonchev–Trinajstić information content (AvgIpc) is 3.76. The van der Waals surface area contributed by atoms with Crippen LogP contribution in [-0.2, 0) is 13.2 Å². The summed E-state index contributed by atoms with van der Waals surface area (Å²) in [7, 11) is 0. The zero-order chi connectivity index (χ0) is 34.8. The molecular weight excluding hydrogens is 681 g/mol. The molecule has 0 bridgehead atoms. The highest BCUT2D eigenvalue weighted by Crippen LogP contribution is 2.49. The summed E-state index contributed by atoms with van der Waals surface area (Å²) in [6.07, 6.45) is 0. The Hall–Kier alpha value is -5.76. The fourth-order valence-electron chi connectivity index (χ4n) is 7.49. The van der Waals surface area contributed by atoms with Crippen LogP contribution in [0.2, 0.25) is 0 Å². The Bertz CT molecular complexity index is 2810. The van der Waals surface area contributed by atoms with E-state index in [1.165, 1.54) is 0 Å². The van der Waals surface area contributed by atoms with E-state index in [4.69, 9.17) is 9.47 Å². The van der Waals surface area contributed by atoms with Crippen molar-refractivity contribution in [2.75, 3.05) is 0 Å². The Balaban J connectivity index is 1.16. The average molecular weight is 711 g/mol. The molecule has 0 saturated heterocycles. The Kier molecular flexibility index (Phi) is 7.44. The van der Waals surface area contributed by atoms with Crippen molar-refractivity contribution in [2.45, 2.75) is 13.2 Å². The number of aliphatic hydroxyl groups excluding tert-OH is 2. The van der Waals surface area contributed by atoms with Crippen molar-refractivity contribution in [3.63, 3.8) is 0 Å². The van der Waals surface area contributed by atoms with Crippen molar-refractivity contribution in [1.82, 2.24) is 0 Å². The van der Waals surface area contributed by atoms with Gasteiger partial charge < -0.3 is 19.7 Å². The normalized spacial score (nSPS) is 11.8. The van der Waals surface area contributed by atoms with Gasteiger partial charge in [0, 0.05) is 51.5 Å². The van der Waals surface area contributed by atoms with E-state index in [9.17, 15) is 10.2 Å². The standard InChI is InChI=1S/C46H30O4S2/c47-25-29-9-5-13-35-37-23-31(17-21-41(37)51-45(29)35)49-39-19-15-27-7-1-3-11-33(27)43(39)44-34-12-4-2-8-28(34)16-20-40(44)50-32-18-22-42-38(24-32)36-14-6-10-30(26-48)46(36)52-42/h1-24,47-48H,25-26H2. The van der Waals surface area contributed by atoms with Crippen LogP contribution in [0.25, 0.3) is 73.0 Å². The van der Waals surface area contributed by atoms with Crippen molar-refractivity contribution in [3.8, 4) is 34.1 Å². The van der Waals surface area contributed by atoms with Crippen LogP contribution in [0.3, 0.4) is 0 Å². The van der Waals surface area contributed by atoms with Gasteiger partial charge in [-0.05, 0) is 81.2 Å². The highest BCUT2D eigenvalue weighted by atomic mass is 32.1. The second-order valence-electron chi connectivity index (χ2n) is 12.9. The third kappa shape index (κ3) is 5.03. The van der Waals surface area contributed by atoms with Crippen LogP contribution in [0, 0.1) is 0 Å². The van der Waals surface area contributed by atoms with Crippen LogP contribution < -0.4 is 9.47 Å². The lowest BCUT2D eigenvalue weighted by Gasteiger charge is -2.20. The van der Waals surface area contributed by atoms with Crippen LogP contribution in [0.4, 0.5) is 0 Å². The van der Waals surface area contributed by atoms with Gasteiger partial charge in [0.05, 0.1) is 13.2 Å². The number of thiophene rings is 2. The predicted molar refractivity (Wildman–Crippen MR) is 218 cm³/mol. The maximum Gasteiger partial charge on any atom is 0.136 e. The van der Waals surface area contributed by atoms with Crippen LogP contribution >= 0.6 is 22.7 Å². The maximum absolute atomic E-state index is 9.99. The number of hydrogen-bond donors (Lipinski definition) is 2. The van der Waals surface area contributed by atoms with Gasteiger partial charge >= 0.3 is 0 Å². The monoisotopic (exact) mass is 710 g/mol. The molecule has 2 aromatic heterocycles. The third-order valence-corrected chi connectivity index (χ3v) is 12.5. The number of benzene rings is 8. The fraction of sp³-hybridized carbons (Fsp3) is 0.0435. The van der Waals surface area contributed by atoms with E-state index in [-0.39, 0.29) is 13.2 Å². The SMILES string of the molecule is OCc1cccc2c1sc1ccc(Oc3ccc4ccccc4c3-c3c(Oc4ccc5sc6c(CO)cccc6c5c4)ccc4ccccc34)cc12. The Morgan fingerprint density at radius 1 is 0.404 bits per heavy atom. The van der Waals surface area contributed by atoms with Gasteiger partial charge in [0.15, 0.2) is 0 Å². The molecule has 0 spiro atoms. The van der Waals surface area contributed by atoms with Crippen molar-refractivity contribution < 1.29 is 19.7 Å². The predicted octanol–water partition coefficient (Wildman–Crippen LogP) is 13.0. The topological polar surface area (TPSA) is 58.9 Å². The Labute approximate surface area is 307 Å². The zero-order valence-corrected chi connectivity index (χ0v) is 29.4. The molecule has 6 heteroatoms. The minimum atomic E-state index is 0.00572. The number of fused-ring (bicyclic) bond motifs is 8. The summed E-state index contributed by atoms with van der Waals surface area (Å²) in [5.41, 5.74) is 3.78. The van der Waals surface area contributed by atoms with Crippen LogP contribution in [-0.4, -0.2) is 10.2 Å². The lowest BCUT2D eigenvalue weighted by atomic mass is 9.92. The first-order valence-corrected chi connectivity index (χ1v) is 18.8. The summed E-state index contributed by atoms with van der Waals surface area (Å²) >= 11 is 3.39. The van der Waals surface area contributed by atoms with Gasteiger partial charge in [-0.25, -0.2) is 0 Å². The summed E-state index contributed by atoms with van der Waals surface area (Å²) < 4.78 is 18.3. The van der Waals surface area contributed by atoms with Crippen LogP contribution in [0.5, 0.6) is 23.0 Å². The Morgan fingerprint density at radius 2 is 0.846 bits per heavy atom. The van der Waals surface area contributed by atoms with Crippen molar-refractivity contribution in [1.29, 1.82) is 0 Å². The van der Waals surface area contributed by atoms with Crippen molar-refractivity contribution in [3.05, 3.63) is 157 Å². The molecule has 2 heterocycles. The Morgan fingerprint density at radius 3 is 1.31 bits per heavy atom. The molecule has 4 nitrogen and oxygen atoms in total. The number of rotatable bonds is 7. The molecule has 2 N–H and O–H groups in total. The quantitative estimate of drug-likeness (QED) is 0.173. The fourth-order valence-corrected chi connectivity index (χ4v) is 9.86. The largest absolute Gasteiger partial charge is 0.457 e. The van der Waals surface area contributed by atoms with Gasteiger partial charge in [-0.2, -0.15) is 0 Å². The van der Waals surface area contributed by atoms with Gasteiger partial charge in [0.2, 0.25) is 0 Å². The smallest absolute Gasteiger partial charge is 0.136 e. The van der Waals surface area contributed by atoms with E-state index >= 15 is 0 Å². The van der Waals surface area contributed by atoms with E-state index in [0.717, 1.165) is 107 Å². The summed E-state index contributed by atoms with van der Waals surface area (Å²) in [6, 6.07) is 49.8. The lowest BCUT2D eigenvalue weighted by molar-refractivity contribution is 0.283. The summed E-state index contributed by atoms with van der Waals surface area (Å²) in [5, 5.41) is 28.7. The van der Waals surface area contributed by atoms with Gasteiger partial charge in [-0.1, -0.05) is 97.1 Å². The molecular formula is C46H30O4S2. The van der Waals surface area contributed by atoms with Crippen molar-refractivity contribution in [2.24, 2.45) is 0 Å². The third-order valence-electron chi connectivity index (χ3n) is 9.93. The number of ether oxygens (including phenoxy) is 2. The molecule has 0 aliphatic rings. The maximum atomic E-state index is 9.99. The number of aliphatic hydroxyl groups is 2. The molecule has 0 unspecified atom stereocenters. The molecule has 10 aromatic rings. The summed E-state index contributed by atoms with van der Waals surface area (Å²) in [5.74, 6) is 2.92. The molecule has 0 fully saturated rings. The van der Waals surface area contributed by atoms with E-state index < -0.39 is 0 Å². The first-order valence-electron chi connectivity index (χ1n) is 17.2. The molecule has 52 heavy (non-hydrogen) atoms. The number of hydrogen-bond acceptors (Lipinski definition) is 6. The van der Waals surface area contributed by atoms with Gasteiger partial charge in [0.1, 0.15) is 23.0 Å². The van der Waals surface area contributed by atoms with Crippen LogP contribution in [0.1, 0.15) is 11.1 Å². The molecule has 0 amide bonds. The highest BCUT2D eigenvalue weighted by Gasteiger charge is 2.21. The molecule has 0 saturated carbocycles. The van der Waals surface area contributed by atoms with E-state index in [1.807, 2.05) is 36.4 Å².